The monoisotopic (exact) mass is 298 g/mol. The second kappa shape index (κ2) is 5.22. The van der Waals surface area contributed by atoms with Crippen LogP contribution in [0.3, 0.4) is 0 Å². The number of pyridine rings is 1. The topological polar surface area (TPSA) is 60.9 Å². The molecule has 4 rings (SSSR count). The first-order valence-electron chi connectivity index (χ1n) is 7.06. The SMILES string of the molecule is O=C(c1ccc2c(c1)OCO2)N1CC(Oc2ccccn2)C1. The van der Waals surface area contributed by atoms with E-state index in [1.54, 1.807) is 29.3 Å². The van der Waals surface area contributed by atoms with Crippen LogP contribution in [0.25, 0.3) is 0 Å². The molecule has 22 heavy (non-hydrogen) atoms. The van der Waals surface area contributed by atoms with Gasteiger partial charge in [0.2, 0.25) is 12.7 Å². The van der Waals surface area contributed by atoms with E-state index >= 15 is 0 Å². The molecule has 0 unspecified atom stereocenters. The lowest BCUT2D eigenvalue weighted by Crippen LogP contribution is -2.56. The average molecular weight is 298 g/mol. The van der Waals surface area contributed by atoms with E-state index in [2.05, 4.69) is 4.98 Å². The largest absolute Gasteiger partial charge is 0.471 e. The number of aromatic nitrogens is 1. The molecular formula is C16H14N2O4. The smallest absolute Gasteiger partial charge is 0.254 e. The summed E-state index contributed by atoms with van der Waals surface area (Å²) in [5.74, 6) is 1.85. The summed E-state index contributed by atoms with van der Waals surface area (Å²) in [4.78, 5) is 18.2. The minimum absolute atomic E-state index is 0.00661. The fourth-order valence-corrected chi connectivity index (χ4v) is 2.48. The Kier molecular flexibility index (Phi) is 3.07. The molecule has 2 aromatic rings. The van der Waals surface area contributed by atoms with Crippen molar-refractivity contribution in [1.29, 1.82) is 0 Å². The molecule has 0 saturated carbocycles. The van der Waals surface area contributed by atoms with Crippen molar-refractivity contribution < 1.29 is 19.0 Å². The first kappa shape index (κ1) is 12.9. The zero-order chi connectivity index (χ0) is 14.9. The molecule has 112 valence electrons. The van der Waals surface area contributed by atoms with Crippen molar-refractivity contribution in [2.45, 2.75) is 6.10 Å². The maximum absolute atomic E-state index is 12.4. The Morgan fingerprint density at radius 1 is 1.18 bits per heavy atom. The average Bonchev–Trinajstić information content (AvgIpc) is 2.98. The standard InChI is InChI=1S/C16H14N2O4/c19-16(11-4-5-13-14(7-11)21-10-20-13)18-8-12(9-18)22-15-3-1-2-6-17-15/h1-7,12H,8-10H2. The van der Waals surface area contributed by atoms with E-state index in [1.807, 2.05) is 18.2 Å². The number of hydrogen-bond acceptors (Lipinski definition) is 5. The number of likely N-dealkylation sites (tertiary alicyclic amines) is 1. The zero-order valence-corrected chi connectivity index (χ0v) is 11.8. The second-order valence-corrected chi connectivity index (χ2v) is 5.19. The van der Waals surface area contributed by atoms with Crippen LogP contribution in [0.2, 0.25) is 0 Å². The quantitative estimate of drug-likeness (QED) is 0.863. The maximum atomic E-state index is 12.4. The molecule has 0 atom stereocenters. The Labute approximate surface area is 127 Å². The number of hydrogen-bond donors (Lipinski definition) is 0. The molecule has 1 aromatic heterocycles. The highest BCUT2D eigenvalue weighted by atomic mass is 16.7. The van der Waals surface area contributed by atoms with Crippen LogP contribution in [-0.4, -0.2) is 41.8 Å². The van der Waals surface area contributed by atoms with Crippen molar-refractivity contribution in [1.82, 2.24) is 9.88 Å². The molecule has 1 fully saturated rings. The molecule has 0 N–H and O–H groups in total. The van der Waals surface area contributed by atoms with Gasteiger partial charge in [-0.25, -0.2) is 4.98 Å². The second-order valence-electron chi connectivity index (χ2n) is 5.19. The number of nitrogens with zero attached hydrogens (tertiary/aromatic N) is 2. The van der Waals surface area contributed by atoms with Crippen LogP contribution >= 0.6 is 0 Å². The van der Waals surface area contributed by atoms with Crippen molar-refractivity contribution in [3.63, 3.8) is 0 Å². The van der Waals surface area contributed by atoms with Crippen LogP contribution in [0.4, 0.5) is 0 Å². The van der Waals surface area contributed by atoms with E-state index < -0.39 is 0 Å². The molecule has 2 aliphatic rings. The van der Waals surface area contributed by atoms with Crippen LogP contribution in [0.5, 0.6) is 17.4 Å². The Balaban J connectivity index is 1.37. The first-order valence-corrected chi connectivity index (χ1v) is 7.06. The third kappa shape index (κ3) is 2.32. The third-order valence-corrected chi connectivity index (χ3v) is 3.68. The lowest BCUT2D eigenvalue weighted by atomic mass is 10.1. The van der Waals surface area contributed by atoms with E-state index in [1.165, 1.54) is 0 Å². The Bertz CT molecular complexity index is 699. The normalized spacial score (nSPS) is 16.3. The van der Waals surface area contributed by atoms with Gasteiger partial charge in [0.25, 0.3) is 5.91 Å². The van der Waals surface area contributed by atoms with E-state index in [-0.39, 0.29) is 18.8 Å². The molecule has 6 heteroatoms. The fourth-order valence-electron chi connectivity index (χ4n) is 2.48. The van der Waals surface area contributed by atoms with Gasteiger partial charge in [-0.3, -0.25) is 4.79 Å². The third-order valence-electron chi connectivity index (χ3n) is 3.68. The number of fused-ring (bicyclic) bond motifs is 1. The zero-order valence-electron chi connectivity index (χ0n) is 11.8. The Morgan fingerprint density at radius 3 is 2.86 bits per heavy atom. The molecule has 6 nitrogen and oxygen atoms in total. The van der Waals surface area contributed by atoms with Gasteiger partial charge in [0.05, 0.1) is 13.1 Å². The van der Waals surface area contributed by atoms with Gasteiger partial charge in [-0.15, -0.1) is 0 Å². The summed E-state index contributed by atoms with van der Waals surface area (Å²) in [5, 5.41) is 0. The van der Waals surface area contributed by atoms with Gasteiger partial charge in [0.1, 0.15) is 6.10 Å². The van der Waals surface area contributed by atoms with Gasteiger partial charge in [0.15, 0.2) is 11.5 Å². The summed E-state index contributed by atoms with van der Waals surface area (Å²) in [7, 11) is 0. The highest BCUT2D eigenvalue weighted by Gasteiger charge is 2.33. The van der Waals surface area contributed by atoms with Gasteiger partial charge in [-0.1, -0.05) is 6.07 Å². The van der Waals surface area contributed by atoms with Crippen molar-refractivity contribution in [3.05, 3.63) is 48.2 Å². The molecule has 2 aliphatic heterocycles. The minimum atomic E-state index is -0.0285. The lowest BCUT2D eigenvalue weighted by molar-refractivity contribution is 0.0160. The summed E-state index contributed by atoms with van der Waals surface area (Å²) < 4.78 is 16.2. The minimum Gasteiger partial charge on any atom is -0.471 e. The van der Waals surface area contributed by atoms with Crippen molar-refractivity contribution in [3.8, 4) is 17.4 Å². The fraction of sp³-hybridized carbons (Fsp3) is 0.250. The highest BCUT2D eigenvalue weighted by molar-refractivity contribution is 5.95. The van der Waals surface area contributed by atoms with Crippen molar-refractivity contribution in [2.24, 2.45) is 0 Å². The van der Waals surface area contributed by atoms with E-state index in [0.29, 0.717) is 36.0 Å². The summed E-state index contributed by atoms with van der Waals surface area (Å²) in [6, 6.07) is 10.7. The molecule has 0 bridgehead atoms. The van der Waals surface area contributed by atoms with E-state index in [4.69, 9.17) is 14.2 Å². The van der Waals surface area contributed by atoms with Gasteiger partial charge in [-0.2, -0.15) is 0 Å². The van der Waals surface area contributed by atoms with Crippen LogP contribution in [0.15, 0.2) is 42.6 Å². The molecule has 0 aliphatic carbocycles. The van der Waals surface area contributed by atoms with Gasteiger partial charge >= 0.3 is 0 Å². The van der Waals surface area contributed by atoms with Crippen LogP contribution in [-0.2, 0) is 0 Å². The van der Waals surface area contributed by atoms with E-state index in [0.717, 1.165) is 0 Å². The first-order chi connectivity index (χ1) is 10.8. The van der Waals surface area contributed by atoms with Crippen LogP contribution in [0.1, 0.15) is 10.4 Å². The molecule has 3 heterocycles. The van der Waals surface area contributed by atoms with Crippen molar-refractivity contribution in [2.75, 3.05) is 19.9 Å². The summed E-state index contributed by atoms with van der Waals surface area (Å²) in [6.45, 7) is 1.32. The van der Waals surface area contributed by atoms with Crippen LogP contribution in [0, 0.1) is 0 Å². The summed E-state index contributed by atoms with van der Waals surface area (Å²) in [6.07, 6.45) is 1.68. The predicted octanol–water partition coefficient (Wildman–Crippen LogP) is 1.71. The molecule has 0 radical (unpaired) electrons. The number of ether oxygens (including phenoxy) is 3. The Hall–Kier alpha value is -2.76. The van der Waals surface area contributed by atoms with Crippen LogP contribution < -0.4 is 14.2 Å². The Morgan fingerprint density at radius 2 is 2.05 bits per heavy atom. The molecule has 1 aromatic carbocycles. The lowest BCUT2D eigenvalue weighted by Gasteiger charge is -2.38. The number of amides is 1. The van der Waals surface area contributed by atoms with E-state index in [9.17, 15) is 4.79 Å². The number of benzene rings is 1. The van der Waals surface area contributed by atoms with Gasteiger partial charge in [0, 0.05) is 17.8 Å². The molecule has 1 saturated heterocycles. The summed E-state index contributed by atoms with van der Waals surface area (Å²) in [5.41, 5.74) is 0.598. The maximum Gasteiger partial charge on any atom is 0.254 e. The van der Waals surface area contributed by atoms with Gasteiger partial charge < -0.3 is 19.1 Å². The predicted molar refractivity (Wildman–Crippen MR) is 77.1 cm³/mol. The molecule has 0 spiro atoms. The molecule has 1 amide bonds. The highest BCUT2D eigenvalue weighted by Crippen LogP contribution is 2.33. The number of carbonyl (C=O) groups is 1. The molecular weight excluding hydrogens is 284 g/mol. The number of carbonyl (C=O) groups excluding carboxylic acids is 1. The number of rotatable bonds is 3. The van der Waals surface area contributed by atoms with Gasteiger partial charge in [-0.05, 0) is 24.3 Å². The van der Waals surface area contributed by atoms with Crippen molar-refractivity contribution >= 4 is 5.91 Å². The summed E-state index contributed by atoms with van der Waals surface area (Å²) >= 11 is 0.